The van der Waals surface area contributed by atoms with E-state index in [9.17, 15) is 10.1 Å². The lowest BCUT2D eigenvalue weighted by molar-refractivity contribution is -0.140. The molecule has 0 N–H and O–H groups in total. The SMILES string of the molecule is COC(=O)CCCN1CCCC(C)(C)[C@@H]1C#N. The zero-order valence-corrected chi connectivity index (χ0v) is 11.0. The van der Waals surface area contributed by atoms with Gasteiger partial charge in [0.2, 0.25) is 0 Å². The Bertz CT molecular complexity index is 307. The number of esters is 1. The van der Waals surface area contributed by atoms with Gasteiger partial charge in [0, 0.05) is 6.42 Å². The molecule has 0 amide bonds. The molecular weight excluding hydrogens is 216 g/mol. The van der Waals surface area contributed by atoms with Crippen LogP contribution in [-0.4, -0.2) is 37.1 Å². The predicted molar refractivity (Wildman–Crippen MR) is 65.2 cm³/mol. The van der Waals surface area contributed by atoms with Gasteiger partial charge in [0.25, 0.3) is 0 Å². The zero-order chi connectivity index (χ0) is 12.9. The van der Waals surface area contributed by atoms with E-state index < -0.39 is 0 Å². The summed E-state index contributed by atoms with van der Waals surface area (Å²) in [6.07, 6.45) is 3.43. The molecule has 17 heavy (non-hydrogen) atoms. The van der Waals surface area contributed by atoms with Crippen LogP contribution in [0.15, 0.2) is 0 Å². The zero-order valence-electron chi connectivity index (χ0n) is 11.0. The van der Waals surface area contributed by atoms with E-state index in [1.807, 2.05) is 0 Å². The second-order valence-corrected chi connectivity index (χ2v) is 5.34. The normalized spacial score (nSPS) is 24.0. The Labute approximate surface area is 104 Å². The summed E-state index contributed by atoms with van der Waals surface area (Å²) in [7, 11) is 1.41. The number of piperidine rings is 1. The van der Waals surface area contributed by atoms with Gasteiger partial charge in [-0.3, -0.25) is 9.69 Å². The van der Waals surface area contributed by atoms with Gasteiger partial charge in [0.05, 0.1) is 13.2 Å². The molecule has 1 saturated heterocycles. The monoisotopic (exact) mass is 238 g/mol. The minimum absolute atomic E-state index is 0.0334. The molecule has 0 saturated carbocycles. The molecule has 1 aliphatic heterocycles. The molecule has 0 aromatic carbocycles. The number of nitrogens with zero attached hydrogens (tertiary/aromatic N) is 2. The third-order valence-corrected chi connectivity index (χ3v) is 3.55. The number of nitriles is 1. The molecular formula is C13H22N2O2. The Balaban J connectivity index is 2.47. The summed E-state index contributed by atoms with van der Waals surface area (Å²) in [6, 6.07) is 2.37. The molecule has 0 unspecified atom stereocenters. The first-order chi connectivity index (χ1) is 8.01. The molecule has 0 spiro atoms. The lowest BCUT2D eigenvalue weighted by atomic mass is 9.77. The van der Waals surface area contributed by atoms with Crippen molar-refractivity contribution in [2.24, 2.45) is 5.41 Å². The van der Waals surface area contributed by atoms with Crippen molar-refractivity contribution in [1.29, 1.82) is 5.26 Å². The first-order valence-corrected chi connectivity index (χ1v) is 6.22. The fraction of sp³-hybridized carbons (Fsp3) is 0.846. The van der Waals surface area contributed by atoms with Gasteiger partial charge in [-0.2, -0.15) is 5.26 Å². The van der Waals surface area contributed by atoms with Crippen LogP contribution in [0, 0.1) is 16.7 Å². The van der Waals surface area contributed by atoms with Gasteiger partial charge in [0.15, 0.2) is 0 Å². The minimum Gasteiger partial charge on any atom is -0.469 e. The Morgan fingerprint density at radius 3 is 2.88 bits per heavy atom. The van der Waals surface area contributed by atoms with Crippen molar-refractivity contribution in [2.75, 3.05) is 20.2 Å². The molecule has 0 bridgehead atoms. The molecule has 4 heteroatoms. The molecule has 1 heterocycles. The summed E-state index contributed by atoms with van der Waals surface area (Å²) in [4.78, 5) is 13.2. The molecule has 1 aliphatic rings. The summed E-state index contributed by atoms with van der Waals surface area (Å²) in [5.41, 5.74) is 0.0538. The summed E-state index contributed by atoms with van der Waals surface area (Å²) in [5, 5.41) is 9.27. The van der Waals surface area contributed by atoms with Crippen LogP contribution in [0.5, 0.6) is 0 Å². The van der Waals surface area contributed by atoms with E-state index in [0.29, 0.717) is 6.42 Å². The number of methoxy groups -OCH3 is 1. The molecule has 0 aromatic heterocycles. The summed E-state index contributed by atoms with van der Waals surface area (Å²) >= 11 is 0. The summed E-state index contributed by atoms with van der Waals surface area (Å²) in [5.74, 6) is -0.172. The number of ether oxygens (including phenoxy) is 1. The molecule has 96 valence electrons. The predicted octanol–water partition coefficient (Wildman–Crippen LogP) is 1.95. The van der Waals surface area contributed by atoms with Crippen LogP contribution in [-0.2, 0) is 9.53 Å². The smallest absolute Gasteiger partial charge is 0.305 e. The highest BCUT2D eigenvalue weighted by atomic mass is 16.5. The van der Waals surface area contributed by atoms with Gasteiger partial charge in [-0.25, -0.2) is 0 Å². The standard InChI is InChI=1S/C13H22N2O2/c1-13(2)7-5-9-15(11(13)10-14)8-4-6-12(16)17-3/h11H,4-9H2,1-3H3/t11-/m0/s1. The average molecular weight is 238 g/mol. The molecule has 4 nitrogen and oxygen atoms in total. The van der Waals surface area contributed by atoms with Gasteiger partial charge in [-0.1, -0.05) is 13.8 Å². The molecule has 1 atom stereocenters. The third kappa shape index (κ3) is 3.71. The van der Waals surface area contributed by atoms with Crippen LogP contribution in [0.3, 0.4) is 0 Å². The van der Waals surface area contributed by atoms with Gasteiger partial charge in [-0.05, 0) is 37.8 Å². The number of carbonyl (C=O) groups is 1. The van der Waals surface area contributed by atoms with Crippen molar-refractivity contribution < 1.29 is 9.53 Å². The fourth-order valence-electron chi connectivity index (χ4n) is 2.52. The maximum atomic E-state index is 11.0. The van der Waals surface area contributed by atoms with Gasteiger partial charge in [-0.15, -0.1) is 0 Å². The van der Waals surface area contributed by atoms with Crippen LogP contribution in [0.4, 0.5) is 0 Å². The van der Waals surface area contributed by atoms with Crippen LogP contribution in [0.1, 0.15) is 39.5 Å². The van der Waals surface area contributed by atoms with E-state index in [0.717, 1.165) is 32.4 Å². The minimum atomic E-state index is -0.172. The van der Waals surface area contributed by atoms with E-state index in [2.05, 4.69) is 29.6 Å². The van der Waals surface area contributed by atoms with Gasteiger partial charge < -0.3 is 4.74 Å². The van der Waals surface area contributed by atoms with Crippen LogP contribution < -0.4 is 0 Å². The van der Waals surface area contributed by atoms with Gasteiger partial charge >= 0.3 is 5.97 Å². The first-order valence-electron chi connectivity index (χ1n) is 6.22. The van der Waals surface area contributed by atoms with Crippen molar-refractivity contribution in [3.05, 3.63) is 0 Å². The first kappa shape index (κ1) is 14.0. The molecule has 0 radical (unpaired) electrons. The number of hydrogen-bond acceptors (Lipinski definition) is 4. The average Bonchev–Trinajstić information content (AvgIpc) is 2.28. The van der Waals surface area contributed by atoms with E-state index in [-0.39, 0.29) is 17.4 Å². The Hall–Kier alpha value is -1.08. The lowest BCUT2D eigenvalue weighted by Crippen LogP contribution is -2.49. The molecule has 0 aromatic rings. The van der Waals surface area contributed by atoms with E-state index in [1.54, 1.807) is 0 Å². The van der Waals surface area contributed by atoms with Crippen molar-refractivity contribution in [2.45, 2.75) is 45.6 Å². The van der Waals surface area contributed by atoms with Crippen LogP contribution >= 0.6 is 0 Å². The highest BCUT2D eigenvalue weighted by Gasteiger charge is 2.37. The second kappa shape index (κ2) is 6.02. The Morgan fingerprint density at radius 2 is 2.29 bits per heavy atom. The Morgan fingerprint density at radius 1 is 1.59 bits per heavy atom. The summed E-state index contributed by atoms with van der Waals surface area (Å²) in [6.45, 7) is 6.06. The van der Waals surface area contributed by atoms with Crippen LogP contribution in [0.2, 0.25) is 0 Å². The van der Waals surface area contributed by atoms with Crippen molar-refractivity contribution in [3.8, 4) is 6.07 Å². The largest absolute Gasteiger partial charge is 0.469 e. The maximum absolute atomic E-state index is 11.0. The van der Waals surface area contributed by atoms with E-state index in [4.69, 9.17) is 0 Å². The fourth-order valence-corrected chi connectivity index (χ4v) is 2.52. The third-order valence-electron chi connectivity index (χ3n) is 3.55. The van der Waals surface area contributed by atoms with Gasteiger partial charge in [0.1, 0.15) is 6.04 Å². The quantitative estimate of drug-likeness (QED) is 0.702. The topological polar surface area (TPSA) is 53.3 Å². The van der Waals surface area contributed by atoms with E-state index in [1.165, 1.54) is 7.11 Å². The molecule has 1 fully saturated rings. The highest BCUT2D eigenvalue weighted by molar-refractivity contribution is 5.69. The number of carbonyl (C=O) groups excluding carboxylic acids is 1. The number of hydrogen-bond donors (Lipinski definition) is 0. The molecule has 0 aliphatic carbocycles. The van der Waals surface area contributed by atoms with E-state index >= 15 is 0 Å². The number of likely N-dealkylation sites (tertiary alicyclic amines) is 1. The van der Waals surface area contributed by atoms with Crippen LogP contribution in [0.25, 0.3) is 0 Å². The Kier molecular flexibility index (Phi) is 4.95. The lowest BCUT2D eigenvalue weighted by Gasteiger charge is -2.42. The second-order valence-electron chi connectivity index (χ2n) is 5.34. The number of rotatable bonds is 4. The molecule has 1 rings (SSSR count). The van der Waals surface area contributed by atoms with Crippen molar-refractivity contribution in [1.82, 2.24) is 4.90 Å². The maximum Gasteiger partial charge on any atom is 0.305 e. The van der Waals surface area contributed by atoms with Crippen molar-refractivity contribution >= 4 is 5.97 Å². The highest BCUT2D eigenvalue weighted by Crippen LogP contribution is 2.34. The summed E-state index contributed by atoms with van der Waals surface area (Å²) < 4.78 is 4.61. The van der Waals surface area contributed by atoms with Crippen molar-refractivity contribution in [3.63, 3.8) is 0 Å².